The zero-order chi connectivity index (χ0) is 22.5. The number of para-hydroxylation sites is 2. The molecule has 0 unspecified atom stereocenters. The molecule has 5 heteroatoms. The van der Waals surface area contributed by atoms with Crippen LogP contribution in [0.5, 0.6) is 5.75 Å². The SMILES string of the molecule is O=C(c1ccc(OCCCN2CCOCC2)cc1)N1c2ccccc2C=Cc2ccccc21. The van der Waals surface area contributed by atoms with Crippen molar-refractivity contribution in [2.45, 2.75) is 6.42 Å². The van der Waals surface area contributed by atoms with Crippen molar-refractivity contribution in [3.8, 4) is 5.75 Å². The number of ether oxygens (including phenoxy) is 2. The Kier molecular flexibility index (Phi) is 6.51. The van der Waals surface area contributed by atoms with Gasteiger partial charge >= 0.3 is 0 Å². The molecule has 0 spiro atoms. The predicted molar refractivity (Wildman–Crippen MR) is 132 cm³/mol. The van der Waals surface area contributed by atoms with E-state index in [9.17, 15) is 4.79 Å². The lowest BCUT2D eigenvalue weighted by Crippen LogP contribution is -2.37. The first-order chi connectivity index (χ1) is 16.3. The molecular formula is C28H28N2O3. The Labute approximate surface area is 194 Å². The van der Waals surface area contributed by atoms with E-state index in [2.05, 4.69) is 17.1 Å². The first-order valence-electron chi connectivity index (χ1n) is 11.5. The van der Waals surface area contributed by atoms with Gasteiger partial charge in [-0.1, -0.05) is 48.6 Å². The molecule has 168 valence electrons. The summed E-state index contributed by atoms with van der Waals surface area (Å²) in [6.45, 7) is 5.30. The predicted octanol–water partition coefficient (Wildman–Crippen LogP) is 5.25. The van der Waals surface area contributed by atoms with Crippen LogP contribution in [0.15, 0.2) is 72.8 Å². The Hall–Kier alpha value is -3.41. The van der Waals surface area contributed by atoms with Crippen LogP contribution in [-0.4, -0.2) is 50.3 Å². The van der Waals surface area contributed by atoms with Gasteiger partial charge in [0.15, 0.2) is 0 Å². The van der Waals surface area contributed by atoms with E-state index >= 15 is 0 Å². The van der Waals surface area contributed by atoms with Gasteiger partial charge in [-0.25, -0.2) is 0 Å². The number of fused-ring (bicyclic) bond motifs is 2. The van der Waals surface area contributed by atoms with E-state index in [0.717, 1.165) is 67.5 Å². The van der Waals surface area contributed by atoms with Crippen LogP contribution in [0.4, 0.5) is 11.4 Å². The van der Waals surface area contributed by atoms with Crippen molar-refractivity contribution >= 4 is 29.4 Å². The van der Waals surface area contributed by atoms with Gasteiger partial charge in [-0.05, 0) is 53.9 Å². The highest BCUT2D eigenvalue weighted by atomic mass is 16.5. The third-order valence-corrected chi connectivity index (χ3v) is 6.09. The summed E-state index contributed by atoms with van der Waals surface area (Å²) in [6.07, 6.45) is 5.10. The van der Waals surface area contributed by atoms with Gasteiger partial charge in [-0.15, -0.1) is 0 Å². The minimum absolute atomic E-state index is 0.0579. The van der Waals surface area contributed by atoms with E-state index in [4.69, 9.17) is 9.47 Å². The largest absolute Gasteiger partial charge is 0.494 e. The van der Waals surface area contributed by atoms with Gasteiger partial charge in [0, 0.05) is 25.2 Å². The summed E-state index contributed by atoms with van der Waals surface area (Å²) in [5.41, 5.74) is 4.42. The van der Waals surface area contributed by atoms with Gasteiger partial charge < -0.3 is 9.47 Å². The van der Waals surface area contributed by atoms with E-state index in [1.807, 2.05) is 77.7 Å². The van der Waals surface area contributed by atoms with Crippen LogP contribution in [0.2, 0.25) is 0 Å². The Bertz CT molecular complexity index is 1080. The molecule has 3 aromatic rings. The first-order valence-corrected chi connectivity index (χ1v) is 11.5. The van der Waals surface area contributed by atoms with Crippen LogP contribution < -0.4 is 9.64 Å². The molecule has 2 aliphatic rings. The van der Waals surface area contributed by atoms with E-state index in [1.165, 1.54) is 0 Å². The number of rotatable bonds is 6. The van der Waals surface area contributed by atoms with Crippen molar-refractivity contribution in [3.05, 3.63) is 89.5 Å². The van der Waals surface area contributed by atoms with Crippen molar-refractivity contribution in [2.24, 2.45) is 0 Å². The third kappa shape index (κ3) is 4.85. The second kappa shape index (κ2) is 10.0. The van der Waals surface area contributed by atoms with Crippen molar-refractivity contribution in [1.29, 1.82) is 0 Å². The number of hydrogen-bond acceptors (Lipinski definition) is 4. The van der Waals surface area contributed by atoms with E-state index in [0.29, 0.717) is 12.2 Å². The Morgan fingerprint density at radius 1 is 0.818 bits per heavy atom. The lowest BCUT2D eigenvalue weighted by molar-refractivity contribution is 0.0358. The van der Waals surface area contributed by atoms with Crippen LogP contribution in [0.1, 0.15) is 27.9 Å². The van der Waals surface area contributed by atoms with Crippen molar-refractivity contribution < 1.29 is 14.3 Å². The average Bonchev–Trinajstić information content (AvgIpc) is 3.04. The zero-order valence-electron chi connectivity index (χ0n) is 18.7. The minimum Gasteiger partial charge on any atom is -0.494 e. The van der Waals surface area contributed by atoms with Crippen LogP contribution in [-0.2, 0) is 4.74 Å². The van der Waals surface area contributed by atoms with Gasteiger partial charge in [-0.2, -0.15) is 0 Å². The summed E-state index contributed by atoms with van der Waals surface area (Å²) < 4.78 is 11.3. The summed E-state index contributed by atoms with van der Waals surface area (Å²) in [5, 5.41) is 0. The number of morpholine rings is 1. The maximum Gasteiger partial charge on any atom is 0.262 e. The highest BCUT2D eigenvalue weighted by molar-refractivity contribution is 6.14. The van der Waals surface area contributed by atoms with Crippen molar-refractivity contribution in [1.82, 2.24) is 4.90 Å². The van der Waals surface area contributed by atoms with Gasteiger partial charge in [0.25, 0.3) is 5.91 Å². The Balaban J connectivity index is 1.29. The molecule has 1 amide bonds. The molecule has 0 bridgehead atoms. The van der Waals surface area contributed by atoms with Crippen molar-refractivity contribution in [3.63, 3.8) is 0 Å². The molecule has 0 saturated carbocycles. The van der Waals surface area contributed by atoms with E-state index in [1.54, 1.807) is 0 Å². The molecule has 33 heavy (non-hydrogen) atoms. The van der Waals surface area contributed by atoms with Gasteiger partial charge in [-0.3, -0.25) is 14.6 Å². The number of carbonyl (C=O) groups excluding carboxylic acids is 1. The average molecular weight is 441 g/mol. The zero-order valence-corrected chi connectivity index (χ0v) is 18.7. The van der Waals surface area contributed by atoms with Crippen LogP contribution in [0, 0.1) is 0 Å². The molecule has 5 nitrogen and oxygen atoms in total. The molecule has 1 saturated heterocycles. The molecule has 2 heterocycles. The number of hydrogen-bond donors (Lipinski definition) is 0. The number of carbonyl (C=O) groups is 1. The van der Waals surface area contributed by atoms with Crippen LogP contribution >= 0.6 is 0 Å². The Morgan fingerprint density at radius 2 is 1.42 bits per heavy atom. The summed E-state index contributed by atoms with van der Waals surface area (Å²) in [5.74, 6) is 0.726. The van der Waals surface area contributed by atoms with Gasteiger partial charge in [0.2, 0.25) is 0 Å². The molecule has 0 aromatic heterocycles. The molecule has 0 atom stereocenters. The quantitative estimate of drug-likeness (QED) is 0.491. The fraction of sp³-hybridized carbons (Fsp3) is 0.250. The van der Waals surface area contributed by atoms with Crippen molar-refractivity contribution in [2.75, 3.05) is 44.4 Å². The molecule has 0 aliphatic carbocycles. The fourth-order valence-electron chi connectivity index (χ4n) is 4.32. The molecular weight excluding hydrogens is 412 g/mol. The maximum absolute atomic E-state index is 13.7. The number of nitrogens with zero attached hydrogens (tertiary/aromatic N) is 2. The first kappa shape index (κ1) is 21.4. The maximum atomic E-state index is 13.7. The molecule has 2 aliphatic heterocycles. The highest BCUT2D eigenvalue weighted by Gasteiger charge is 2.24. The minimum atomic E-state index is -0.0579. The summed E-state index contributed by atoms with van der Waals surface area (Å²) >= 11 is 0. The van der Waals surface area contributed by atoms with Crippen LogP contribution in [0.3, 0.4) is 0 Å². The molecule has 0 radical (unpaired) electrons. The standard InChI is InChI=1S/C28H28N2O3/c31-28(24-12-14-25(15-13-24)33-19-5-16-29-17-20-32-21-18-29)30-26-8-3-1-6-22(26)10-11-23-7-2-4-9-27(23)30/h1-4,6-15H,5,16-21H2. The van der Waals surface area contributed by atoms with E-state index in [-0.39, 0.29) is 5.91 Å². The fourth-order valence-corrected chi connectivity index (χ4v) is 4.32. The normalized spacial score (nSPS) is 15.5. The summed E-state index contributed by atoms with van der Waals surface area (Å²) in [4.78, 5) is 17.9. The van der Waals surface area contributed by atoms with Crippen LogP contribution in [0.25, 0.3) is 12.2 Å². The monoisotopic (exact) mass is 440 g/mol. The molecule has 5 rings (SSSR count). The third-order valence-electron chi connectivity index (χ3n) is 6.09. The van der Waals surface area contributed by atoms with E-state index < -0.39 is 0 Å². The number of amides is 1. The summed E-state index contributed by atoms with van der Waals surface area (Å²) in [6, 6.07) is 23.4. The van der Waals surface area contributed by atoms with Gasteiger partial charge in [0.1, 0.15) is 5.75 Å². The Morgan fingerprint density at radius 3 is 2.06 bits per heavy atom. The highest BCUT2D eigenvalue weighted by Crippen LogP contribution is 2.37. The lowest BCUT2D eigenvalue weighted by Gasteiger charge is -2.26. The second-order valence-corrected chi connectivity index (χ2v) is 8.27. The second-order valence-electron chi connectivity index (χ2n) is 8.27. The summed E-state index contributed by atoms with van der Waals surface area (Å²) in [7, 11) is 0. The molecule has 0 N–H and O–H groups in total. The lowest BCUT2D eigenvalue weighted by atomic mass is 10.1. The number of benzene rings is 3. The molecule has 3 aromatic carbocycles. The number of anilines is 2. The molecule has 1 fully saturated rings. The topological polar surface area (TPSA) is 42.0 Å². The smallest absolute Gasteiger partial charge is 0.262 e. The van der Waals surface area contributed by atoms with Gasteiger partial charge in [0.05, 0.1) is 31.2 Å².